The van der Waals surface area contributed by atoms with Crippen molar-refractivity contribution in [1.82, 2.24) is 0 Å². The van der Waals surface area contributed by atoms with E-state index in [0.717, 1.165) is 11.3 Å². The predicted molar refractivity (Wildman–Crippen MR) is 89.2 cm³/mol. The molecule has 5 nitrogen and oxygen atoms in total. The molecule has 0 radical (unpaired) electrons. The summed E-state index contributed by atoms with van der Waals surface area (Å²) in [6, 6.07) is 14.8. The van der Waals surface area contributed by atoms with E-state index in [1.54, 1.807) is 12.1 Å². The maximum Gasteiger partial charge on any atom is 0.223 e. The first-order valence-electron chi connectivity index (χ1n) is 6.31. The lowest BCUT2D eigenvalue weighted by atomic mass is 10.2. The van der Waals surface area contributed by atoms with Gasteiger partial charge in [-0.3, -0.25) is 0 Å². The minimum atomic E-state index is 0.0707. The van der Waals surface area contributed by atoms with Crippen molar-refractivity contribution in [2.75, 3.05) is 5.32 Å². The lowest BCUT2D eigenvalue weighted by molar-refractivity contribution is 1.35. The van der Waals surface area contributed by atoms with E-state index in [0.29, 0.717) is 10.7 Å². The van der Waals surface area contributed by atoms with Crippen LogP contribution < -0.4 is 16.8 Å². The molecule has 5 N–H and O–H groups in total. The molecular weight excluding hydrogens is 286 g/mol. The van der Waals surface area contributed by atoms with Gasteiger partial charge in [-0.2, -0.15) is 4.99 Å². The number of nitrogens with one attached hydrogen (secondary N) is 1. The molecule has 0 aliphatic carbocycles. The van der Waals surface area contributed by atoms with Crippen molar-refractivity contribution in [2.24, 2.45) is 21.5 Å². The summed E-state index contributed by atoms with van der Waals surface area (Å²) in [6.45, 7) is 1.90. The largest absolute Gasteiger partial charge is 0.369 e. The van der Waals surface area contributed by atoms with Crippen LogP contribution in [0.15, 0.2) is 58.5 Å². The molecule has 0 heterocycles. The van der Waals surface area contributed by atoms with Gasteiger partial charge >= 0.3 is 0 Å². The van der Waals surface area contributed by atoms with E-state index in [1.807, 2.05) is 43.3 Å². The van der Waals surface area contributed by atoms with E-state index >= 15 is 0 Å². The first-order valence-corrected chi connectivity index (χ1v) is 6.69. The zero-order valence-corrected chi connectivity index (χ0v) is 12.3. The van der Waals surface area contributed by atoms with Gasteiger partial charge in [-0.15, -0.1) is 0 Å². The summed E-state index contributed by atoms with van der Waals surface area (Å²) >= 11 is 5.89. The highest BCUT2D eigenvalue weighted by Crippen LogP contribution is 2.22. The second kappa shape index (κ2) is 6.76. The van der Waals surface area contributed by atoms with E-state index in [-0.39, 0.29) is 11.9 Å². The van der Waals surface area contributed by atoms with Gasteiger partial charge in [0.1, 0.15) is 0 Å². The Bertz CT molecular complexity index is 680. The molecule has 0 saturated carbocycles. The van der Waals surface area contributed by atoms with Crippen molar-refractivity contribution in [3.8, 4) is 0 Å². The van der Waals surface area contributed by atoms with Crippen molar-refractivity contribution in [3.05, 3.63) is 59.1 Å². The van der Waals surface area contributed by atoms with Gasteiger partial charge in [-0.1, -0.05) is 29.8 Å². The molecule has 0 aliphatic rings. The number of nitrogens with two attached hydrogens (primary N) is 2. The van der Waals surface area contributed by atoms with Crippen LogP contribution in [0, 0.1) is 6.92 Å². The van der Waals surface area contributed by atoms with Crippen molar-refractivity contribution >= 4 is 34.9 Å². The number of anilines is 1. The lowest BCUT2D eigenvalue weighted by Gasteiger charge is -2.05. The van der Waals surface area contributed by atoms with Crippen LogP contribution >= 0.6 is 11.6 Å². The van der Waals surface area contributed by atoms with E-state index in [1.165, 1.54) is 0 Å². The Labute approximate surface area is 128 Å². The van der Waals surface area contributed by atoms with E-state index in [4.69, 9.17) is 23.1 Å². The molecule has 0 aliphatic heterocycles. The SMILES string of the molecule is Cc1cc(Cl)ccc1N=C(N)/N=C(\N)Nc1ccccc1. The summed E-state index contributed by atoms with van der Waals surface area (Å²) in [5.74, 6) is 0.246. The molecule has 6 heteroatoms. The summed E-state index contributed by atoms with van der Waals surface area (Å²) < 4.78 is 0. The van der Waals surface area contributed by atoms with Gasteiger partial charge in [0.25, 0.3) is 0 Å². The second-order valence-electron chi connectivity index (χ2n) is 4.39. The van der Waals surface area contributed by atoms with Gasteiger partial charge in [0.15, 0.2) is 0 Å². The van der Waals surface area contributed by atoms with Crippen LogP contribution in [0.2, 0.25) is 5.02 Å². The average molecular weight is 302 g/mol. The normalized spacial score (nSPS) is 12.3. The number of benzene rings is 2. The molecule has 0 bridgehead atoms. The highest BCUT2D eigenvalue weighted by Gasteiger charge is 2.00. The highest BCUT2D eigenvalue weighted by molar-refractivity contribution is 6.30. The minimum absolute atomic E-state index is 0.0707. The average Bonchev–Trinajstić information content (AvgIpc) is 2.43. The van der Waals surface area contributed by atoms with Crippen molar-refractivity contribution < 1.29 is 0 Å². The maximum atomic E-state index is 5.89. The maximum absolute atomic E-state index is 5.89. The zero-order chi connectivity index (χ0) is 15.2. The summed E-state index contributed by atoms with van der Waals surface area (Å²) in [5, 5.41) is 3.58. The third-order valence-corrected chi connectivity index (χ3v) is 2.91. The van der Waals surface area contributed by atoms with Gasteiger partial charge < -0.3 is 16.8 Å². The quantitative estimate of drug-likeness (QED) is 0.588. The number of halogens is 1. The Morgan fingerprint density at radius 2 is 1.81 bits per heavy atom. The first kappa shape index (κ1) is 14.9. The number of para-hydroxylation sites is 1. The number of rotatable bonds is 2. The zero-order valence-electron chi connectivity index (χ0n) is 11.5. The number of hydrogen-bond donors (Lipinski definition) is 3. The fourth-order valence-corrected chi connectivity index (χ4v) is 1.94. The molecular formula is C15H16ClN5. The van der Waals surface area contributed by atoms with Crippen LogP contribution in [0.3, 0.4) is 0 Å². The lowest BCUT2D eigenvalue weighted by Crippen LogP contribution is -2.26. The Kier molecular flexibility index (Phi) is 4.79. The number of aryl methyl sites for hydroxylation is 1. The summed E-state index contributed by atoms with van der Waals surface area (Å²) in [5.41, 5.74) is 14.0. The van der Waals surface area contributed by atoms with Gasteiger partial charge in [0.05, 0.1) is 5.69 Å². The first-order chi connectivity index (χ1) is 10.0. The third-order valence-electron chi connectivity index (χ3n) is 2.68. The molecule has 0 saturated heterocycles. The van der Waals surface area contributed by atoms with Crippen LogP contribution in [0.5, 0.6) is 0 Å². The molecule has 0 aromatic heterocycles. The van der Waals surface area contributed by atoms with Crippen molar-refractivity contribution in [2.45, 2.75) is 6.92 Å². The van der Waals surface area contributed by atoms with Gasteiger partial charge in [0, 0.05) is 10.7 Å². The Morgan fingerprint density at radius 1 is 1.10 bits per heavy atom. The Balaban J connectivity index is 2.13. The van der Waals surface area contributed by atoms with Crippen LogP contribution in [0.25, 0.3) is 0 Å². The van der Waals surface area contributed by atoms with Crippen LogP contribution in [-0.2, 0) is 0 Å². The van der Waals surface area contributed by atoms with E-state index < -0.39 is 0 Å². The minimum Gasteiger partial charge on any atom is -0.369 e. The molecule has 0 amide bonds. The number of hydrogen-bond acceptors (Lipinski definition) is 1. The van der Waals surface area contributed by atoms with Gasteiger partial charge in [0.2, 0.25) is 11.9 Å². The molecule has 2 aromatic carbocycles. The van der Waals surface area contributed by atoms with Crippen molar-refractivity contribution in [1.29, 1.82) is 0 Å². The van der Waals surface area contributed by atoms with Crippen LogP contribution in [0.1, 0.15) is 5.56 Å². The topological polar surface area (TPSA) is 88.8 Å². The summed E-state index contributed by atoms with van der Waals surface area (Å²) in [7, 11) is 0. The Hall–Kier alpha value is -2.53. The number of aliphatic imine (C=N–C) groups is 2. The molecule has 0 spiro atoms. The standard InChI is InChI=1S/C15H16ClN5/c1-10-9-11(16)7-8-13(10)20-15(18)21-14(17)19-12-5-3-2-4-6-12/h2-9H,1H3,(H5,17,18,19,20,21). The monoisotopic (exact) mass is 301 g/mol. The summed E-state index contributed by atoms with van der Waals surface area (Å²) in [6.07, 6.45) is 0. The molecule has 0 fully saturated rings. The van der Waals surface area contributed by atoms with E-state index in [9.17, 15) is 0 Å². The summed E-state index contributed by atoms with van der Waals surface area (Å²) in [4.78, 5) is 8.22. The molecule has 0 unspecified atom stereocenters. The Morgan fingerprint density at radius 3 is 2.48 bits per heavy atom. The van der Waals surface area contributed by atoms with Crippen LogP contribution in [-0.4, -0.2) is 11.9 Å². The molecule has 2 aromatic rings. The van der Waals surface area contributed by atoms with Crippen LogP contribution in [0.4, 0.5) is 11.4 Å². The fourth-order valence-electron chi connectivity index (χ4n) is 1.71. The molecule has 108 valence electrons. The van der Waals surface area contributed by atoms with Crippen molar-refractivity contribution in [3.63, 3.8) is 0 Å². The number of nitrogens with zero attached hydrogens (tertiary/aromatic N) is 2. The molecule has 0 atom stereocenters. The number of guanidine groups is 2. The van der Waals surface area contributed by atoms with E-state index in [2.05, 4.69) is 15.3 Å². The third kappa shape index (κ3) is 4.50. The molecule has 2 rings (SSSR count). The highest BCUT2D eigenvalue weighted by atomic mass is 35.5. The van der Waals surface area contributed by atoms with Gasteiger partial charge in [-0.05, 0) is 42.8 Å². The fraction of sp³-hybridized carbons (Fsp3) is 0.0667. The second-order valence-corrected chi connectivity index (χ2v) is 4.83. The predicted octanol–water partition coefficient (Wildman–Crippen LogP) is 3.02. The van der Waals surface area contributed by atoms with Gasteiger partial charge in [-0.25, -0.2) is 4.99 Å². The molecule has 21 heavy (non-hydrogen) atoms. The smallest absolute Gasteiger partial charge is 0.223 e.